The predicted molar refractivity (Wildman–Crippen MR) is 169 cm³/mol. The summed E-state index contributed by atoms with van der Waals surface area (Å²) >= 11 is 7.45. The van der Waals surface area contributed by atoms with Crippen LogP contribution in [0.15, 0.2) is 60.7 Å². The minimum atomic E-state index is -0.853. The second-order valence-corrected chi connectivity index (χ2v) is 13.8. The van der Waals surface area contributed by atoms with E-state index in [0.717, 1.165) is 52.1 Å². The smallest absolute Gasteiger partial charge is 0.328 e. The van der Waals surface area contributed by atoms with Gasteiger partial charge in [-0.15, -0.1) is 11.3 Å². The Labute approximate surface area is 256 Å². The van der Waals surface area contributed by atoms with Crippen LogP contribution in [0.25, 0.3) is 10.8 Å². The molecular formula is C34H37ClN2O4S. The fourth-order valence-electron chi connectivity index (χ4n) is 5.51. The van der Waals surface area contributed by atoms with Gasteiger partial charge in [0.2, 0.25) is 0 Å². The highest BCUT2D eigenvalue weighted by molar-refractivity contribution is 7.16. The highest BCUT2D eigenvalue weighted by Gasteiger charge is 2.25. The number of halogens is 1. The molecule has 5 rings (SSSR count). The number of nitrogens with one attached hydrogen (secondary N) is 1. The molecule has 1 atom stereocenters. The van der Waals surface area contributed by atoms with E-state index in [4.69, 9.17) is 26.1 Å². The van der Waals surface area contributed by atoms with Gasteiger partial charge in [0.1, 0.15) is 23.2 Å². The summed E-state index contributed by atoms with van der Waals surface area (Å²) in [6.45, 7) is 6.57. The number of benzene rings is 2. The van der Waals surface area contributed by atoms with Crippen molar-refractivity contribution in [1.29, 1.82) is 0 Å². The number of amides is 1. The molecule has 1 aliphatic rings. The van der Waals surface area contributed by atoms with Crippen LogP contribution in [0.1, 0.15) is 73.1 Å². The van der Waals surface area contributed by atoms with Crippen LogP contribution in [-0.4, -0.2) is 30.0 Å². The van der Waals surface area contributed by atoms with Crippen molar-refractivity contribution in [2.45, 2.75) is 70.8 Å². The lowest BCUT2D eigenvalue weighted by molar-refractivity contribution is -0.142. The number of carbonyl (C=O) groups excluding carboxylic acids is 2. The summed E-state index contributed by atoms with van der Waals surface area (Å²) in [5.74, 6) is 1.08. The Morgan fingerprint density at radius 3 is 2.38 bits per heavy atom. The molecule has 1 amide bonds. The number of hydrogen-bond donors (Lipinski definition) is 1. The summed E-state index contributed by atoms with van der Waals surface area (Å²) in [5.41, 5.74) is 2.47. The molecule has 1 N–H and O–H groups in total. The third kappa shape index (κ3) is 7.31. The molecule has 1 fully saturated rings. The highest BCUT2D eigenvalue weighted by Crippen LogP contribution is 2.33. The summed E-state index contributed by atoms with van der Waals surface area (Å²) in [6, 6.07) is 18.6. The summed E-state index contributed by atoms with van der Waals surface area (Å²) in [4.78, 5) is 31.8. The maximum absolute atomic E-state index is 13.5. The second kappa shape index (κ2) is 12.8. The molecule has 6 nitrogen and oxygen atoms in total. The largest absolute Gasteiger partial charge is 0.467 e. The molecule has 0 saturated heterocycles. The maximum atomic E-state index is 13.5. The molecule has 0 bridgehead atoms. The fraction of sp³-hybridized carbons (Fsp3) is 0.382. The zero-order chi connectivity index (χ0) is 29.9. The molecule has 0 unspecified atom stereocenters. The lowest BCUT2D eigenvalue weighted by atomic mass is 9.87. The standard InChI is InChI=1S/C34H37ClN2O4S/c1-34(2,3)23-10-13-24(14-11-23)41-25-12-9-22-18-29(36-28(27(22)19-25)17-21-7-5-6-8-21)32(38)37-30(33(39)40-4)20-26-15-16-31(35)42-26/h9-16,18-19,21,30H,5-8,17,20H2,1-4H3,(H,37,38)/t30-/m1/s1. The van der Waals surface area contributed by atoms with Crippen LogP contribution in [-0.2, 0) is 27.8 Å². The van der Waals surface area contributed by atoms with E-state index in [1.54, 1.807) is 12.1 Å². The van der Waals surface area contributed by atoms with Crippen LogP contribution in [0, 0.1) is 5.92 Å². The van der Waals surface area contributed by atoms with E-state index >= 15 is 0 Å². The molecule has 220 valence electrons. The average Bonchev–Trinajstić information content (AvgIpc) is 3.63. The number of rotatable bonds is 9. The normalized spacial score (nSPS) is 14.6. The number of methoxy groups -OCH3 is 1. The third-order valence-corrected chi connectivity index (χ3v) is 9.11. The number of pyridine rings is 1. The van der Waals surface area contributed by atoms with E-state index < -0.39 is 17.9 Å². The van der Waals surface area contributed by atoms with Crippen molar-refractivity contribution in [3.8, 4) is 11.5 Å². The minimum absolute atomic E-state index is 0.0703. The van der Waals surface area contributed by atoms with Crippen molar-refractivity contribution in [2.75, 3.05) is 7.11 Å². The monoisotopic (exact) mass is 604 g/mol. The Kier molecular flexibility index (Phi) is 9.19. The molecule has 1 saturated carbocycles. The number of aromatic nitrogens is 1. The van der Waals surface area contributed by atoms with Gasteiger partial charge in [-0.1, -0.05) is 76.3 Å². The number of fused-ring (bicyclic) bond motifs is 1. The van der Waals surface area contributed by atoms with Crippen molar-refractivity contribution in [2.24, 2.45) is 5.92 Å². The lowest BCUT2D eigenvalue weighted by Gasteiger charge is -2.19. The van der Waals surface area contributed by atoms with E-state index in [0.29, 0.717) is 10.3 Å². The Bertz CT molecular complexity index is 1570. The molecule has 8 heteroatoms. The Morgan fingerprint density at radius 2 is 1.74 bits per heavy atom. The molecule has 0 radical (unpaired) electrons. The molecule has 2 aromatic carbocycles. The van der Waals surface area contributed by atoms with Gasteiger partial charge >= 0.3 is 5.97 Å². The van der Waals surface area contributed by atoms with Crippen LogP contribution in [0.3, 0.4) is 0 Å². The maximum Gasteiger partial charge on any atom is 0.328 e. The van der Waals surface area contributed by atoms with E-state index in [1.165, 1.54) is 36.9 Å². The van der Waals surface area contributed by atoms with Crippen molar-refractivity contribution >= 4 is 45.6 Å². The van der Waals surface area contributed by atoms with Gasteiger partial charge in [0.15, 0.2) is 0 Å². The van der Waals surface area contributed by atoms with Gasteiger partial charge in [-0.25, -0.2) is 9.78 Å². The van der Waals surface area contributed by atoms with Crippen molar-refractivity contribution in [3.63, 3.8) is 0 Å². The summed E-state index contributed by atoms with van der Waals surface area (Å²) in [7, 11) is 1.31. The SMILES string of the molecule is COC(=O)[C@@H](Cc1ccc(Cl)s1)NC(=O)c1cc2ccc(Oc3ccc(C(C)(C)C)cc3)cc2c(CC2CCCC2)n1. The summed E-state index contributed by atoms with van der Waals surface area (Å²) < 4.78 is 11.8. The molecule has 4 aromatic rings. The number of nitrogens with zero attached hydrogens (tertiary/aromatic N) is 1. The van der Waals surface area contributed by atoms with Crippen molar-refractivity contribution in [1.82, 2.24) is 10.3 Å². The van der Waals surface area contributed by atoms with E-state index in [2.05, 4.69) is 38.2 Å². The third-order valence-electron chi connectivity index (χ3n) is 7.85. The molecule has 0 spiro atoms. The zero-order valence-corrected chi connectivity index (χ0v) is 26.1. The molecule has 2 heterocycles. The first kappa shape index (κ1) is 30.1. The van der Waals surface area contributed by atoms with Crippen LogP contribution in [0.4, 0.5) is 0 Å². The first-order chi connectivity index (χ1) is 20.1. The van der Waals surface area contributed by atoms with Gasteiger partial charge in [0.05, 0.1) is 11.4 Å². The summed E-state index contributed by atoms with van der Waals surface area (Å²) in [5, 5.41) is 4.72. The van der Waals surface area contributed by atoms with E-state index in [-0.39, 0.29) is 17.5 Å². The predicted octanol–water partition coefficient (Wildman–Crippen LogP) is 8.29. The first-order valence-corrected chi connectivity index (χ1v) is 15.6. The molecular weight excluding hydrogens is 568 g/mol. The van der Waals surface area contributed by atoms with Gasteiger partial charge in [-0.2, -0.15) is 0 Å². The van der Waals surface area contributed by atoms with Crippen LogP contribution < -0.4 is 10.1 Å². The van der Waals surface area contributed by atoms with Crippen LogP contribution in [0.2, 0.25) is 4.34 Å². The number of ether oxygens (including phenoxy) is 2. The Morgan fingerprint density at radius 1 is 1.02 bits per heavy atom. The van der Waals surface area contributed by atoms with Crippen molar-refractivity contribution in [3.05, 3.63) is 86.8 Å². The Hall–Kier alpha value is -3.42. The average molecular weight is 605 g/mol. The van der Waals surface area contributed by atoms with Gasteiger partial charge in [-0.3, -0.25) is 4.79 Å². The molecule has 1 aliphatic carbocycles. The highest BCUT2D eigenvalue weighted by atomic mass is 35.5. The molecule has 2 aromatic heterocycles. The van der Waals surface area contributed by atoms with Gasteiger partial charge in [-0.05, 0) is 71.2 Å². The number of thiophene rings is 1. The number of hydrogen-bond acceptors (Lipinski definition) is 6. The van der Waals surface area contributed by atoms with Gasteiger partial charge < -0.3 is 14.8 Å². The second-order valence-electron chi connectivity index (χ2n) is 12.0. The van der Waals surface area contributed by atoms with Crippen LogP contribution in [0.5, 0.6) is 11.5 Å². The quantitative estimate of drug-likeness (QED) is 0.194. The number of carbonyl (C=O) groups is 2. The van der Waals surface area contributed by atoms with Gasteiger partial charge in [0, 0.05) is 22.4 Å². The van der Waals surface area contributed by atoms with E-state index in [1.807, 2.05) is 36.4 Å². The molecule has 42 heavy (non-hydrogen) atoms. The fourth-order valence-corrected chi connectivity index (χ4v) is 6.64. The minimum Gasteiger partial charge on any atom is -0.467 e. The first-order valence-electron chi connectivity index (χ1n) is 14.4. The van der Waals surface area contributed by atoms with Crippen LogP contribution >= 0.6 is 22.9 Å². The summed E-state index contributed by atoms with van der Waals surface area (Å²) in [6.07, 6.45) is 5.82. The van der Waals surface area contributed by atoms with Crippen molar-refractivity contribution < 1.29 is 19.1 Å². The lowest BCUT2D eigenvalue weighted by Crippen LogP contribution is -2.43. The Balaban J connectivity index is 1.43. The van der Waals surface area contributed by atoms with Gasteiger partial charge in [0.25, 0.3) is 5.91 Å². The zero-order valence-electron chi connectivity index (χ0n) is 24.5. The number of esters is 1. The topological polar surface area (TPSA) is 77.5 Å². The van der Waals surface area contributed by atoms with E-state index in [9.17, 15) is 9.59 Å². The molecule has 0 aliphatic heterocycles.